The molecule has 0 spiro atoms. The molecule has 0 aromatic rings. The molecule has 1 fully saturated rings. The van der Waals surface area contributed by atoms with Crippen molar-refractivity contribution in [3.8, 4) is 0 Å². The standard InChI is InChI=1S/C12H26N2O/c1-3-7-14(9-11-4-5-11)10-12(13-2)6-8-15/h11-13,15H,3-10H2,1-2H3. The van der Waals surface area contributed by atoms with Crippen molar-refractivity contribution in [2.24, 2.45) is 5.92 Å². The molecule has 1 saturated carbocycles. The smallest absolute Gasteiger partial charge is 0.0446 e. The van der Waals surface area contributed by atoms with E-state index in [9.17, 15) is 0 Å². The summed E-state index contributed by atoms with van der Waals surface area (Å²) in [6.07, 6.45) is 4.93. The van der Waals surface area contributed by atoms with Crippen LogP contribution in [0.4, 0.5) is 0 Å². The lowest BCUT2D eigenvalue weighted by atomic mass is 10.2. The van der Waals surface area contributed by atoms with Gasteiger partial charge in [-0.2, -0.15) is 0 Å². The first kappa shape index (κ1) is 12.9. The minimum atomic E-state index is 0.287. The predicted molar refractivity (Wildman–Crippen MR) is 64.0 cm³/mol. The fourth-order valence-corrected chi connectivity index (χ4v) is 2.03. The van der Waals surface area contributed by atoms with E-state index in [4.69, 9.17) is 5.11 Å². The summed E-state index contributed by atoms with van der Waals surface area (Å²) in [7, 11) is 1.99. The van der Waals surface area contributed by atoms with Crippen LogP contribution in [0.3, 0.4) is 0 Å². The Morgan fingerprint density at radius 2 is 2.20 bits per heavy atom. The third kappa shape index (κ3) is 5.50. The first-order valence-electron chi connectivity index (χ1n) is 6.30. The summed E-state index contributed by atoms with van der Waals surface area (Å²) < 4.78 is 0. The van der Waals surface area contributed by atoms with Gasteiger partial charge in [0.15, 0.2) is 0 Å². The Kier molecular flexibility index (Phi) is 6.22. The second-order valence-electron chi connectivity index (χ2n) is 4.70. The third-order valence-electron chi connectivity index (χ3n) is 3.12. The largest absolute Gasteiger partial charge is 0.396 e. The van der Waals surface area contributed by atoms with Gasteiger partial charge in [0.05, 0.1) is 0 Å². The predicted octanol–water partition coefficient (Wildman–Crippen LogP) is 1.08. The van der Waals surface area contributed by atoms with Crippen LogP contribution in [0.2, 0.25) is 0 Å². The van der Waals surface area contributed by atoms with Gasteiger partial charge >= 0.3 is 0 Å². The number of nitrogens with zero attached hydrogens (tertiary/aromatic N) is 1. The zero-order valence-electron chi connectivity index (χ0n) is 10.2. The van der Waals surface area contributed by atoms with Crippen molar-refractivity contribution in [3.63, 3.8) is 0 Å². The fraction of sp³-hybridized carbons (Fsp3) is 1.00. The van der Waals surface area contributed by atoms with Gasteiger partial charge in [0.1, 0.15) is 0 Å². The topological polar surface area (TPSA) is 35.5 Å². The molecule has 1 aliphatic rings. The van der Waals surface area contributed by atoms with Gasteiger partial charge in [-0.25, -0.2) is 0 Å². The monoisotopic (exact) mass is 214 g/mol. The number of aliphatic hydroxyl groups is 1. The van der Waals surface area contributed by atoms with Crippen molar-refractivity contribution >= 4 is 0 Å². The molecule has 2 N–H and O–H groups in total. The SMILES string of the molecule is CCCN(CC1CC1)CC(CCO)NC. The molecule has 3 nitrogen and oxygen atoms in total. The fourth-order valence-electron chi connectivity index (χ4n) is 2.03. The number of nitrogens with one attached hydrogen (secondary N) is 1. The first-order valence-corrected chi connectivity index (χ1v) is 6.30. The highest BCUT2D eigenvalue weighted by Gasteiger charge is 2.24. The van der Waals surface area contributed by atoms with Crippen LogP contribution in [-0.2, 0) is 0 Å². The maximum absolute atomic E-state index is 8.95. The molecular formula is C12H26N2O. The van der Waals surface area contributed by atoms with Crippen LogP contribution in [0, 0.1) is 5.92 Å². The number of aliphatic hydroxyl groups excluding tert-OH is 1. The summed E-state index contributed by atoms with van der Waals surface area (Å²) in [4.78, 5) is 2.55. The van der Waals surface area contributed by atoms with Crippen LogP contribution in [0.25, 0.3) is 0 Å². The van der Waals surface area contributed by atoms with Gasteiger partial charge in [-0.1, -0.05) is 6.92 Å². The molecule has 0 aliphatic heterocycles. The van der Waals surface area contributed by atoms with Crippen molar-refractivity contribution in [2.45, 2.75) is 38.6 Å². The molecular weight excluding hydrogens is 188 g/mol. The molecule has 0 radical (unpaired) electrons. The summed E-state index contributed by atoms with van der Waals surface area (Å²) in [5, 5.41) is 12.2. The second kappa shape index (κ2) is 7.20. The van der Waals surface area contributed by atoms with E-state index in [1.54, 1.807) is 0 Å². The van der Waals surface area contributed by atoms with Crippen LogP contribution in [0.1, 0.15) is 32.6 Å². The summed E-state index contributed by atoms with van der Waals surface area (Å²) in [6.45, 7) is 6.06. The Balaban J connectivity index is 2.25. The van der Waals surface area contributed by atoms with E-state index in [1.165, 1.54) is 32.4 Å². The Morgan fingerprint density at radius 3 is 2.67 bits per heavy atom. The minimum absolute atomic E-state index is 0.287. The Labute approximate surface area is 93.9 Å². The van der Waals surface area contributed by atoms with Gasteiger partial charge in [0, 0.05) is 25.7 Å². The molecule has 90 valence electrons. The van der Waals surface area contributed by atoms with Gasteiger partial charge in [-0.15, -0.1) is 0 Å². The minimum Gasteiger partial charge on any atom is -0.396 e. The van der Waals surface area contributed by atoms with E-state index >= 15 is 0 Å². The number of hydrogen-bond donors (Lipinski definition) is 2. The van der Waals surface area contributed by atoms with Gasteiger partial charge in [0.25, 0.3) is 0 Å². The molecule has 0 aromatic carbocycles. The lowest BCUT2D eigenvalue weighted by molar-refractivity contribution is 0.206. The number of rotatable bonds is 9. The molecule has 1 unspecified atom stereocenters. The first-order chi connectivity index (χ1) is 7.30. The van der Waals surface area contributed by atoms with E-state index in [2.05, 4.69) is 17.1 Å². The maximum Gasteiger partial charge on any atom is 0.0446 e. The van der Waals surface area contributed by atoms with E-state index < -0.39 is 0 Å². The molecule has 3 heteroatoms. The molecule has 15 heavy (non-hydrogen) atoms. The maximum atomic E-state index is 8.95. The molecule has 1 atom stereocenters. The lowest BCUT2D eigenvalue weighted by Crippen LogP contribution is -2.41. The normalized spacial score (nSPS) is 18.4. The Hall–Kier alpha value is -0.120. The van der Waals surface area contributed by atoms with Crippen LogP contribution in [-0.4, -0.2) is 49.3 Å². The molecule has 1 rings (SSSR count). The molecule has 0 bridgehead atoms. The Morgan fingerprint density at radius 1 is 1.47 bits per heavy atom. The van der Waals surface area contributed by atoms with Crippen molar-refractivity contribution in [2.75, 3.05) is 33.3 Å². The van der Waals surface area contributed by atoms with Gasteiger partial charge in [-0.3, -0.25) is 0 Å². The number of hydrogen-bond acceptors (Lipinski definition) is 3. The zero-order valence-corrected chi connectivity index (χ0v) is 10.2. The van der Waals surface area contributed by atoms with Crippen LogP contribution >= 0.6 is 0 Å². The molecule has 0 heterocycles. The summed E-state index contributed by atoms with van der Waals surface area (Å²) in [5.41, 5.74) is 0. The van der Waals surface area contributed by atoms with Gasteiger partial charge in [-0.05, 0) is 45.2 Å². The summed E-state index contributed by atoms with van der Waals surface area (Å²) in [5.74, 6) is 0.961. The van der Waals surface area contributed by atoms with E-state index in [0.717, 1.165) is 18.9 Å². The van der Waals surface area contributed by atoms with Crippen LogP contribution < -0.4 is 5.32 Å². The summed E-state index contributed by atoms with van der Waals surface area (Å²) >= 11 is 0. The molecule has 0 amide bonds. The van der Waals surface area contributed by atoms with Crippen LogP contribution in [0.15, 0.2) is 0 Å². The lowest BCUT2D eigenvalue weighted by Gasteiger charge is -2.26. The van der Waals surface area contributed by atoms with Crippen molar-refractivity contribution in [3.05, 3.63) is 0 Å². The van der Waals surface area contributed by atoms with Crippen molar-refractivity contribution < 1.29 is 5.11 Å². The zero-order chi connectivity index (χ0) is 11.1. The van der Waals surface area contributed by atoms with E-state index in [1.807, 2.05) is 7.05 Å². The van der Waals surface area contributed by atoms with Crippen molar-refractivity contribution in [1.82, 2.24) is 10.2 Å². The highest BCUT2D eigenvalue weighted by atomic mass is 16.3. The van der Waals surface area contributed by atoms with E-state index in [0.29, 0.717) is 6.04 Å². The summed E-state index contributed by atoms with van der Waals surface area (Å²) in [6, 6.07) is 0.445. The highest BCUT2D eigenvalue weighted by molar-refractivity contribution is 4.79. The van der Waals surface area contributed by atoms with Crippen molar-refractivity contribution in [1.29, 1.82) is 0 Å². The van der Waals surface area contributed by atoms with Gasteiger partial charge < -0.3 is 15.3 Å². The molecule has 1 aliphatic carbocycles. The highest BCUT2D eigenvalue weighted by Crippen LogP contribution is 2.29. The quantitative estimate of drug-likeness (QED) is 0.603. The van der Waals surface area contributed by atoms with Crippen LogP contribution in [0.5, 0.6) is 0 Å². The number of likely N-dealkylation sites (N-methyl/N-ethyl adjacent to an activating group) is 1. The molecule has 0 aromatic heterocycles. The average molecular weight is 214 g/mol. The molecule has 0 saturated heterocycles. The van der Waals surface area contributed by atoms with E-state index in [-0.39, 0.29) is 6.61 Å². The third-order valence-corrected chi connectivity index (χ3v) is 3.12. The second-order valence-corrected chi connectivity index (χ2v) is 4.70. The Bertz CT molecular complexity index is 160. The van der Waals surface area contributed by atoms with Gasteiger partial charge in [0.2, 0.25) is 0 Å². The average Bonchev–Trinajstić information content (AvgIpc) is 3.01.